The van der Waals surface area contributed by atoms with E-state index >= 15 is 0 Å². The molecule has 3 heterocycles. The molecule has 0 N–H and O–H groups in total. The van der Waals surface area contributed by atoms with E-state index in [4.69, 9.17) is 18.8 Å². The zero-order chi connectivity index (χ0) is 47.0. The van der Waals surface area contributed by atoms with Gasteiger partial charge in [0, 0.05) is 44.5 Å². The smallest absolute Gasteiger partial charge is 0.248 e. The van der Waals surface area contributed by atoms with Crippen molar-refractivity contribution in [3.8, 4) is 113 Å². The number of benzene rings is 9. The Labute approximate surface area is 404 Å². The highest BCUT2D eigenvalue weighted by molar-refractivity contribution is 6.03. The number of hydrogen-bond donors (Lipinski definition) is 0. The summed E-state index contributed by atoms with van der Waals surface area (Å²) in [5.41, 5.74) is 19.5. The first-order valence-corrected chi connectivity index (χ1v) is 23.2. The minimum Gasteiger partial charge on any atom is -0.416 e. The molecule has 0 saturated carbocycles. The predicted molar refractivity (Wildman–Crippen MR) is 279 cm³/mol. The van der Waals surface area contributed by atoms with Gasteiger partial charge in [-0.25, -0.2) is 9.97 Å². The number of fused-ring (bicyclic) bond motifs is 1. The third-order valence-electron chi connectivity index (χ3n) is 12.7. The Morgan fingerprint density at radius 1 is 0.243 bits per heavy atom. The summed E-state index contributed by atoms with van der Waals surface area (Å²) in [6, 6.07) is 74.8. The third kappa shape index (κ3) is 8.24. The first kappa shape index (κ1) is 42.0. The van der Waals surface area contributed by atoms with Gasteiger partial charge in [-0.15, -0.1) is 20.4 Å². The molecule has 8 nitrogen and oxygen atoms in total. The van der Waals surface area contributed by atoms with Gasteiger partial charge in [0.05, 0.1) is 22.4 Å². The van der Waals surface area contributed by atoms with Gasteiger partial charge in [-0.1, -0.05) is 181 Å². The summed E-state index contributed by atoms with van der Waals surface area (Å²) in [4.78, 5) is 11.3. The van der Waals surface area contributed by atoms with Gasteiger partial charge in [0.15, 0.2) is 0 Å². The molecule has 0 aliphatic carbocycles. The van der Waals surface area contributed by atoms with Crippen molar-refractivity contribution >= 4 is 11.0 Å². The normalized spacial score (nSPS) is 11.3. The molecule has 3 aromatic heterocycles. The highest BCUT2D eigenvalue weighted by Gasteiger charge is 2.20. The average Bonchev–Trinajstić information content (AvgIpc) is 4.14. The third-order valence-corrected chi connectivity index (χ3v) is 12.7. The predicted octanol–water partition coefficient (Wildman–Crippen LogP) is 15.7. The van der Waals surface area contributed by atoms with Crippen molar-refractivity contribution in [2.75, 3.05) is 0 Å². The van der Waals surface area contributed by atoms with Gasteiger partial charge in [0.1, 0.15) is 0 Å². The lowest BCUT2D eigenvalue weighted by Crippen LogP contribution is -1.99. The van der Waals surface area contributed by atoms with Crippen molar-refractivity contribution in [3.05, 3.63) is 230 Å². The van der Waals surface area contributed by atoms with Gasteiger partial charge in [0.25, 0.3) is 0 Å². The average molecular weight is 903 g/mol. The van der Waals surface area contributed by atoms with Crippen molar-refractivity contribution in [2.24, 2.45) is 0 Å². The highest BCUT2D eigenvalue weighted by atomic mass is 16.4. The summed E-state index contributed by atoms with van der Waals surface area (Å²) >= 11 is 0. The maximum Gasteiger partial charge on any atom is 0.248 e. The van der Waals surface area contributed by atoms with Crippen LogP contribution in [0.3, 0.4) is 0 Å². The van der Waals surface area contributed by atoms with E-state index in [0.717, 1.165) is 100 Å². The summed E-state index contributed by atoms with van der Waals surface area (Å²) < 4.78 is 12.1. The van der Waals surface area contributed by atoms with E-state index in [1.165, 1.54) is 11.1 Å². The van der Waals surface area contributed by atoms with Crippen LogP contribution in [0.4, 0.5) is 0 Å². The Morgan fingerprint density at radius 3 is 0.814 bits per heavy atom. The number of nitrogens with zero attached hydrogens (tertiary/aromatic N) is 6. The van der Waals surface area contributed by atoms with Crippen LogP contribution >= 0.6 is 0 Å². The van der Waals surface area contributed by atoms with E-state index in [2.05, 4.69) is 168 Å². The second kappa shape index (κ2) is 18.0. The summed E-state index contributed by atoms with van der Waals surface area (Å²) in [6.07, 6.45) is 0. The summed E-state index contributed by atoms with van der Waals surface area (Å²) in [7, 11) is 0. The van der Waals surface area contributed by atoms with Crippen molar-refractivity contribution in [3.63, 3.8) is 0 Å². The van der Waals surface area contributed by atoms with Crippen LogP contribution < -0.4 is 0 Å². The zero-order valence-electron chi connectivity index (χ0n) is 38.3. The van der Waals surface area contributed by atoms with Crippen LogP contribution in [0.2, 0.25) is 0 Å². The van der Waals surface area contributed by atoms with Crippen molar-refractivity contribution in [2.45, 2.75) is 13.8 Å². The Bertz CT molecular complexity index is 3520. The van der Waals surface area contributed by atoms with Gasteiger partial charge >= 0.3 is 0 Å². The van der Waals surface area contributed by atoms with Crippen LogP contribution in [0.15, 0.2) is 227 Å². The minimum atomic E-state index is 0.475. The molecule has 12 rings (SSSR count). The lowest BCUT2D eigenvalue weighted by molar-refractivity contribution is 0.584. The molecular formula is C62H42N6O2. The van der Waals surface area contributed by atoms with Crippen LogP contribution in [0.25, 0.3) is 124 Å². The van der Waals surface area contributed by atoms with Crippen LogP contribution in [0.1, 0.15) is 11.1 Å². The molecule has 0 amide bonds. The molecule has 9 aromatic carbocycles. The number of hydrogen-bond acceptors (Lipinski definition) is 8. The number of aryl methyl sites for hydroxylation is 2. The molecule has 0 saturated heterocycles. The van der Waals surface area contributed by atoms with Crippen LogP contribution in [-0.2, 0) is 0 Å². The standard InChI is InChI=1S/C62H42N6O2/c1-39-13-17-45(18-14-39)53-37-38-54(46-19-15-40(2)16-20-46)58-57(53)63-55(47-29-21-41(22-30-47)43-25-33-51(34-26-43)61-67-65-59(69-61)49-9-5-3-6-10-49)56(64-58)48-31-23-42(24-32-48)44-27-35-52(36-28-44)62-68-66-60(70-62)50-11-7-4-8-12-50/h3-38H,1-2H3. The molecule has 0 radical (unpaired) electrons. The molecule has 0 unspecified atom stereocenters. The van der Waals surface area contributed by atoms with Crippen LogP contribution in [0.5, 0.6) is 0 Å². The van der Waals surface area contributed by atoms with Gasteiger partial charge < -0.3 is 8.83 Å². The fourth-order valence-corrected chi connectivity index (χ4v) is 8.80. The molecule has 0 fully saturated rings. The second-order valence-corrected chi connectivity index (χ2v) is 17.4. The minimum absolute atomic E-state index is 0.475. The van der Waals surface area contributed by atoms with E-state index in [0.29, 0.717) is 23.6 Å². The van der Waals surface area contributed by atoms with Gasteiger partial charge in [-0.05, 0) is 95.8 Å². The lowest BCUT2D eigenvalue weighted by Gasteiger charge is -2.16. The Kier molecular flexibility index (Phi) is 10.8. The van der Waals surface area contributed by atoms with E-state index in [1.807, 2.05) is 84.9 Å². The molecule has 70 heavy (non-hydrogen) atoms. The second-order valence-electron chi connectivity index (χ2n) is 17.4. The highest BCUT2D eigenvalue weighted by Crippen LogP contribution is 2.40. The van der Waals surface area contributed by atoms with Gasteiger partial charge in [-0.2, -0.15) is 0 Å². The summed E-state index contributed by atoms with van der Waals surface area (Å²) in [5, 5.41) is 17.2. The number of aromatic nitrogens is 6. The summed E-state index contributed by atoms with van der Waals surface area (Å²) in [5.74, 6) is 1.93. The van der Waals surface area contributed by atoms with Gasteiger partial charge in [-0.3, -0.25) is 0 Å². The van der Waals surface area contributed by atoms with Gasteiger partial charge in [0.2, 0.25) is 23.6 Å². The molecule has 332 valence electrons. The summed E-state index contributed by atoms with van der Waals surface area (Å²) in [6.45, 7) is 4.22. The van der Waals surface area contributed by atoms with E-state index < -0.39 is 0 Å². The molecule has 12 aromatic rings. The van der Waals surface area contributed by atoms with Crippen molar-refractivity contribution in [1.29, 1.82) is 0 Å². The van der Waals surface area contributed by atoms with E-state index in [1.54, 1.807) is 0 Å². The fraction of sp³-hybridized carbons (Fsp3) is 0.0323. The Balaban J connectivity index is 0.924. The van der Waals surface area contributed by atoms with Crippen LogP contribution in [-0.4, -0.2) is 30.4 Å². The van der Waals surface area contributed by atoms with Crippen molar-refractivity contribution < 1.29 is 8.83 Å². The molecular weight excluding hydrogens is 861 g/mol. The first-order valence-electron chi connectivity index (χ1n) is 23.2. The molecule has 0 spiro atoms. The van der Waals surface area contributed by atoms with E-state index in [9.17, 15) is 0 Å². The maximum absolute atomic E-state index is 6.04. The largest absolute Gasteiger partial charge is 0.416 e. The molecule has 0 bridgehead atoms. The topological polar surface area (TPSA) is 104 Å². The quantitative estimate of drug-likeness (QED) is 0.134. The van der Waals surface area contributed by atoms with Crippen LogP contribution in [0, 0.1) is 13.8 Å². The molecule has 8 heteroatoms. The molecule has 0 atom stereocenters. The first-order chi connectivity index (χ1) is 34.5. The SMILES string of the molecule is Cc1ccc(-c2ccc(-c3ccc(C)cc3)c3nc(-c4ccc(-c5ccc(-c6nnc(-c7ccccc7)o6)cc5)cc4)c(-c4ccc(-c5ccc(-c6nnc(-c7ccccc7)o6)cc5)cc4)nc23)cc1. The van der Waals surface area contributed by atoms with E-state index in [-0.39, 0.29) is 0 Å². The maximum atomic E-state index is 6.04. The molecule has 0 aliphatic rings. The lowest BCUT2D eigenvalue weighted by atomic mass is 9.94. The fourth-order valence-electron chi connectivity index (χ4n) is 8.80. The zero-order valence-corrected chi connectivity index (χ0v) is 38.3. The Morgan fingerprint density at radius 2 is 0.500 bits per heavy atom. The monoisotopic (exact) mass is 902 g/mol. The number of rotatable bonds is 10. The van der Waals surface area contributed by atoms with Crippen molar-refractivity contribution in [1.82, 2.24) is 30.4 Å². The molecule has 0 aliphatic heterocycles. The Hall–Kier alpha value is -9.40.